The van der Waals surface area contributed by atoms with E-state index in [1.807, 2.05) is 24.3 Å². The Kier molecular flexibility index (Phi) is 6.11. The Morgan fingerprint density at radius 1 is 1.27 bits per heavy atom. The molecule has 26 heavy (non-hydrogen) atoms. The minimum absolute atomic E-state index is 0.163. The second-order valence-corrected chi connectivity index (χ2v) is 7.21. The smallest absolute Gasteiger partial charge is 0.315 e. The van der Waals surface area contributed by atoms with Gasteiger partial charge in [0.1, 0.15) is 5.82 Å². The number of aromatic nitrogens is 2. The van der Waals surface area contributed by atoms with Crippen molar-refractivity contribution in [2.24, 2.45) is 5.92 Å². The van der Waals surface area contributed by atoms with Crippen LogP contribution < -0.4 is 10.6 Å². The standard InChI is InChI=1S/C19H29N5O2/c1-13(2)17(18-21-15-6-4-5-7-16(15)22-18)23-19(25)20-12-14(3)24-8-10-26-11-9-24/h4-7,13-14,17H,8-12H2,1-3H3,(H,21,22)(H2,20,23,25). The van der Waals surface area contributed by atoms with Crippen molar-refractivity contribution in [3.05, 3.63) is 30.1 Å². The van der Waals surface area contributed by atoms with Gasteiger partial charge in [-0.3, -0.25) is 4.90 Å². The van der Waals surface area contributed by atoms with Crippen molar-refractivity contribution in [3.8, 4) is 0 Å². The predicted molar refractivity (Wildman–Crippen MR) is 102 cm³/mol. The Hall–Kier alpha value is -2.12. The molecule has 3 N–H and O–H groups in total. The summed E-state index contributed by atoms with van der Waals surface area (Å²) in [7, 11) is 0. The molecule has 7 heteroatoms. The maximum atomic E-state index is 12.4. The number of H-pyrrole nitrogens is 1. The van der Waals surface area contributed by atoms with E-state index in [4.69, 9.17) is 4.74 Å². The average Bonchev–Trinajstić information content (AvgIpc) is 3.08. The molecule has 0 bridgehead atoms. The van der Waals surface area contributed by atoms with Crippen molar-refractivity contribution in [2.75, 3.05) is 32.8 Å². The van der Waals surface area contributed by atoms with Crippen LogP contribution in [-0.4, -0.2) is 59.8 Å². The number of nitrogens with zero attached hydrogens (tertiary/aromatic N) is 2. The lowest BCUT2D eigenvalue weighted by molar-refractivity contribution is 0.0208. The highest BCUT2D eigenvalue weighted by Gasteiger charge is 2.23. The molecule has 0 spiro atoms. The summed E-state index contributed by atoms with van der Waals surface area (Å²) in [5.41, 5.74) is 1.90. The highest BCUT2D eigenvalue weighted by atomic mass is 16.5. The fraction of sp³-hybridized carbons (Fsp3) is 0.579. The first-order valence-electron chi connectivity index (χ1n) is 9.35. The number of urea groups is 1. The number of hydrogen-bond donors (Lipinski definition) is 3. The molecule has 2 atom stereocenters. The Morgan fingerprint density at radius 3 is 2.69 bits per heavy atom. The lowest BCUT2D eigenvalue weighted by atomic mass is 10.0. The first kappa shape index (κ1) is 18.7. The fourth-order valence-corrected chi connectivity index (χ4v) is 3.25. The van der Waals surface area contributed by atoms with Crippen LogP contribution in [0.25, 0.3) is 11.0 Å². The molecule has 1 aromatic heterocycles. The van der Waals surface area contributed by atoms with Crippen LogP contribution in [0.3, 0.4) is 0 Å². The summed E-state index contributed by atoms with van der Waals surface area (Å²) in [6.07, 6.45) is 0. The van der Waals surface area contributed by atoms with Crippen molar-refractivity contribution >= 4 is 17.1 Å². The van der Waals surface area contributed by atoms with Crippen LogP contribution in [0.15, 0.2) is 24.3 Å². The lowest BCUT2D eigenvalue weighted by Crippen LogP contribution is -2.49. The van der Waals surface area contributed by atoms with Crippen molar-refractivity contribution in [1.82, 2.24) is 25.5 Å². The monoisotopic (exact) mass is 359 g/mol. The van der Waals surface area contributed by atoms with E-state index in [0.717, 1.165) is 43.2 Å². The molecule has 0 aliphatic carbocycles. The largest absolute Gasteiger partial charge is 0.379 e. The molecule has 2 heterocycles. The molecule has 1 aliphatic heterocycles. The molecule has 0 radical (unpaired) electrons. The molecule has 2 aromatic rings. The average molecular weight is 359 g/mol. The molecular weight excluding hydrogens is 330 g/mol. The minimum atomic E-state index is -0.166. The Bertz CT molecular complexity index is 691. The van der Waals surface area contributed by atoms with Crippen molar-refractivity contribution in [1.29, 1.82) is 0 Å². The topological polar surface area (TPSA) is 82.3 Å². The van der Waals surface area contributed by atoms with Crippen LogP contribution in [0.2, 0.25) is 0 Å². The third kappa shape index (κ3) is 4.53. The van der Waals surface area contributed by atoms with E-state index in [-0.39, 0.29) is 24.0 Å². The summed E-state index contributed by atoms with van der Waals surface area (Å²) in [6, 6.07) is 7.86. The Morgan fingerprint density at radius 2 is 2.00 bits per heavy atom. The molecule has 1 saturated heterocycles. The van der Waals surface area contributed by atoms with E-state index in [9.17, 15) is 4.79 Å². The molecule has 1 aliphatic rings. The second-order valence-electron chi connectivity index (χ2n) is 7.21. The quantitative estimate of drug-likeness (QED) is 0.739. The third-order valence-electron chi connectivity index (χ3n) is 4.88. The van der Waals surface area contributed by atoms with Crippen molar-refractivity contribution in [2.45, 2.75) is 32.9 Å². The number of carbonyl (C=O) groups is 1. The minimum Gasteiger partial charge on any atom is -0.379 e. The van der Waals surface area contributed by atoms with Gasteiger partial charge in [0.15, 0.2) is 0 Å². The number of ether oxygens (including phenoxy) is 1. The number of morpholine rings is 1. The van der Waals surface area contributed by atoms with Gasteiger partial charge in [0, 0.05) is 25.7 Å². The maximum absolute atomic E-state index is 12.4. The normalized spacial score (nSPS) is 18.0. The van der Waals surface area contributed by atoms with Gasteiger partial charge in [-0.05, 0) is 25.0 Å². The number of amides is 2. The molecule has 1 fully saturated rings. The molecule has 0 saturated carbocycles. The predicted octanol–water partition coefficient (Wildman–Crippen LogP) is 2.28. The third-order valence-corrected chi connectivity index (χ3v) is 4.88. The van der Waals surface area contributed by atoms with Gasteiger partial charge in [0.05, 0.1) is 30.3 Å². The first-order chi connectivity index (χ1) is 12.5. The lowest BCUT2D eigenvalue weighted by Gasteiger charge is -2.32. The fourth-order valence-electron chi connectivity index (χ4n) is 3.25. The van der Waals surface area contributed by atoms with E-state index in [1.54, 1.807) is 0 Å². The molecule has 1 aromatic carbocycles. The Labute approximate surface area is 154 Å². The van der Waals surface area contributed by atoms with E-state index in [0.29, 0.717) is 6.54 Å². The zero-order valence-corrected chi connectivity index (χ0v) is 15.8. The van der Waals surface area contributed by atoms with Crippen LogP contribution in [-0.2, 0) is 4.74 Å². The van der Waals surface area contributed by atoms with Gasteiger partial charge in [-0.2, -0.15) is 0 Å². The highest BCUT2D eigenvalue weighted by molar-refractivity contribution is 5.76. The number of fused-ring (bicyclic) bond motifs is 1. The number of aromatic amines is 1. The SMILES string of the molecule is CC(C)C(NC(=O)NCC(C)N1CCOCC1)c1nc2ccccc2[nH]1. The summed E-state index contributed by atoms with van der Waals surface area (Å²) in [4.78, 5) is 22.7. The number of rotatable bonds is 6. The maximum Gasteiger partial charge on any atom is 0.315 e. The van der Waals surface area contributed by atoms with Gasteiger partial charge in [0.25, 0.3) is 0 Å². The first-order valence-corrected chi connectivity index (χ1v) is 9.35. The summed E-state index contributed by atoms with van der Waals surface area (Å²) >= 11 is 0. The number of imidazole rings is 1. The number of hydrogen-bond acceptors (Lipinski definition) is 4. The summed E-state index contributed by atoms with van der Waals surface area (Å²) in [5.74, 6) is 1.01. The van der Waals surface area contributed by atoms with Crippen LogP contribution in [0.5, 0.6) is 0 Å². The second kappa shape index (κ2) is 8.51. The van der Waals surface area contributed by atoms with E-state index in [1.165, 1.54) is 0 Å². The number of nitrogens with one attached hydrogen (secondary N) is 3. The van der Waals surface area contributed by atoms with Crippen LogP contribution in [0, 0.1) is 5.92 Å². The summed E-state index contributed by atoms with van der Waals surface area (Å²) in [6.45, 7) is 10.2. The molecular formula is C19H29N5O2. The highest BCUT2D eigenvalue weighted by Crippen LogP contribution is 2.22. The van der Waals surface area contributed by atoms with E-state index in [2.05, 4.69) is 46.3 Å². The zero-order valence-electron chi connectivity index (χ0n) is 15.8. The van der Waals surface area contributed by atoms with Gasteiger partial charge < -0.3 is 20.4 Å². The molecule has 3 rings (SSSR count). The van der Waals surface area contributed by atoms with Crippen molar-refractivity contribution < 1.29 is 9.53 Å². The molecule has 142 valence electrons. The van der Waals surface area contributed by atoms with E-state index >= 15 is 0 Å². The van der Waals surface area contributed by atoms with Crippen LogP contribution in [0.4, 0.5) is 4.79 Å². The Balaban J connectivity index is 1.58. The molecule has 2 amide bonds. The number of carbonyl (C=O) groups excluding carboxylic acids is 1. The summed E-state index contributed by atoms with van der Waals surface area (Å²) < 4.78 is 5.38. The zero-order chi connectivity index (χ0) is 18.5. The van der Waals surface area contributed by atoms with Crippen LogP contribution in [0.1, 0.15) is 32.6 Å². The summed E-state index contributed by atoms with van der Waals surface area (Å²) in [5, 5.41) is 6.06. The van der Waals surface area contributed by atoms with Crippen molar-refractivity contribution in [3.63, 3.8) is 0 Å². The molecule has 2 unspecified atom stereocenters. The van der Waals surface area contributed by atoms with Crippen LogP contribution >= 0.6 is 0 Å². The van der Waals surface area contributed by atoms with E-state index < -0.39 is 0 Å². The van der Waals surface area contributed by atoms with Gasteiger partial charge >= 0.3 is 6.03 Å². The number of para-hydroxylation sites is 2. The van der Waals surface area contributed by atoms with Gasteiger partial charge in [-0.15, -0.1) is 0 Å². The van der Waals surface area contributed by atoms with Gasteiger partial charge in [-0.1, -0.05) is 26.0 Å². The van der Waals surface area contributed by atoms with Gasteiger partial charge in [-0.25, -0.2) is 9.78 Å². The number of benzene rings is 1. The molecule has 7 nitrogen and oxygen atoms in total. The van der Waals surface area contributed by atoms with Gasteiger partial charge in [0.2, 0.25) is 0 Å².